The summed E-state index contributed by atoms with van der Waals surface area (Å²) in [6.07, 6.45) is 0.470. The van der Waals surface area contributed by atoms with Gasteiger partial charge >= 0.3 is 0 Å². The molecule has 1 aliphatic carbocycles. The number of hydrazone groups is 1. The zero-order valence-electron chi connectivity index (χ0n) is 13.6. The zero-order valence-corrected chi connectivity index (χ0v) is 13.6. The Morgan fingerprint density at radius 1 is 0.720 bits per heavy atom. The molecule has 3 heteroatoms. The van der Waals surface area contributed by atoms with Crippen LogP contribution in [0.25, 0.3) is 11.1 Å². The third kappa shape index (κ3) is 2.13. The van der Waals surface area contributed by atoms with Gasteiger partial charge in [-0.05, 0) is 23.3 Å². The number of benzene rings is 3. The standard InChI is InChI=1S/C22H16N2O/c25-21-14-20(15-8-2-1-3-9-15)24(23-21)22-18-12-6-4-10-16(18)17-11-5-7-13-19(17)22/h1-13,20H,14H2/p+1/t20-/m1/s1. The molecule has 1 fully saturated rings. The lowest BCUT2D eigenvalue weighted by Crippen LogP contribution is -2.32. The van der Waals surface area contributed by atoms with Crippen LogP contribution in [-0.4, -0.2) is 16.3 Å². The van der Waals surface area contributed by atoms with Gasteiger partial charge in [0.05, 0.1) is 11.1 Å². The number of carbonyl (C=O) groups is 1. The van der Waals surface area contributed by atoms with Crippen LogP contribution in [0.3, 0.4) is 0 Å². The molecule has 1 atom stereocenters. The third-order valence-electron chi connectivity index (χ3n) is 5.02. The van der Waals surface area contributed by atoms with Crippen molar-refractivity contribution in [3.05, 3.63) is 95.6 Å². The van der Waals surface area contributed by atoms with Gasteiger partial charge in [-0.25, -0.2) is 0 Å². The first kappa shape index (κ1) is 14.2. The van der Waals surface area contributed by atoms with E-state index in [2.05, 4.69) is 70.8 Å². The minimum atomic E-state index is 0.00270. The summed E-state index contributed by atoms with van der Waals surface area (Å²) >= 11 is 0. The molecule has 0 saturated carbocycles. The summed E-state index contributed by atoms with van der Waals surface area (Å²) in [6.45, 7) is 0. The van der Waals surface area contributed by atoms with E-state index in [1.54, 1.807) is 0 Å². The minimum Gasteiger partial charge on any atom is -0.269 e. The summed E-state index contributed by atoms with van der Waals surface area (Å²) in [5.41, 5.74) is 10.1. The van der Waals surface area contributed by atoms with Crippen LogP contribution < -0.4 is 5.43 Å². The summed E-state index contributed by atoms with van der Waals surface area (Å²) in [6, 6.07) is 27.0. The number of hydrogen-bond acceptors (Lipinski definition) is 1. The first-order valence-corrected chi connectivity index (χ1v) is 8.53. The van der Waals surface area contributed by atoms with Crippen LogP contribution in [0.5, 0.6) is 0 Å². The second-order valence-corrected chi connectivity index (χ2v) is 6.48. The SMILES string of the molecule is O=C1C[C@H](c2ccccc2)[N+](=C2c3ccccc3-c3ccccc32)N1. The molecule has 3 nitrogen and oxygen atoms in total. The van der Waals surface area contributed by atoms with Crippen molar-refractivity contribution in [1.82, 2.24) is 5.43 Å². The number of hydrogen-bond donors (Lipinski definition) is 1. The van der Waals surface area contributed by atoms with Crippen molar-refractivity contribution >= 4 is 11.6 Å². The van der Waals surface area contributed by atoms with E-state index in [4.69, 9.17) is 0 Å². The number of fused-ring (bicyclic) bond motifs is 3. The molecule has 5 rings (SSSR count). The third-order valence-corrected chi connectivity index (χ3v) is 5.02. The molecule has 0 radical (unpaired) electrons. The lowest BCUT2D eigenvalue weighted by molar-refractivity contribution is -0.598. The molecular weight excluding hydrogens is 308 g/mol. The van der Waals surface area contributed by atoms with Gasteiger partial charge in [0.25, 0.3) is 5.91 Å². The topological polar surface area (TPSA) is 32.1 Å². The van der Waals surface area contributed by atoms with E-state index in [0.717, 1.165) is 11.3 Å². The van der Waals surface area contributed by atoms with Crippen LogP contribution in [-0.2, 0) is 4.79 Å². The van der Waals surface area contributed by atoms with Gasteiger partial charge < -0.3 is 0 Å². The Balaban J connectivity index is 1.79. The van der Waals surface area contributed by atoms with E-state index >= 15 is 0 Å². The lowest BCUT2D eigenvalue weighted by atomic mass is 10.0. The highest BCUT2D eigenvalue weighted by Crippen LogP contribution is 2.38. The number of amides is 1. The monoisotopic (exact) mass is 325 g/mol. The quantitative estimate of drug-likeness (QED) is 0.532. The molecular formula is C22H17N2O+. The van der Waals surface area contributed by atoms with Gasteiger partial charge in [-0.1, -0.05) is 71.4 Å². The molecule has 0 bridgehead atoms. The van der Waals surface area contributed by atoms with Crippen molar-refractivity contribution in [3.63, 3.8) is 0 Å². The molecule has 3 aromatic rings. The van der Waals surface area contributed by atoms with E-state index in [0.29, 0.717) is 6.42 Å². The van der Waals surface area contributed by atoms with Crippen LogP contribution in [0.1, 0.15) is 29.2 Å². The number of carbonyl (C=O) groups excluding carboxylic acids is 1. The first-order chi connectivity index (χ1) is 12.3. The van der Waals surface area contributed by atoms with Crippen molar-refractivity contribution in [2.24, 2.45) is 0 Å². The van der Waals surface area contributed by atoms with Crippen molar-refractivity contribution in [2.75, 3.05) is 0 Å². The van der Waals surface area contributed by atoms with Crippen molar-refractivity contribution in [2.45, 2.75) is 12.5 Å². The van der Waals surface area contributed by atoms with Crippen LogP contribution in [0.15, 0.2) is 78.9 Å². The zero-order chi connectivity index (χ0) is 16.8. The number of nitrogens with one attached hydrogen (secondary N) is 1. The summed E-state index contributed by atoms with van der Waals surface area (Å²) < 4.78 is 2.06. The van der Waals surface area contributed by atoms with E-state index in [1.807, 2.05) is 18.2 Å². The minimum absolute atomic E-state index is 0.00270. The Labute approximate surface area is 146 Å². The van der Waals surface area contributed by atoms with Gasteiger partial charge in [0, 0.05) is 5.56 Å². The van der Waals surface area contributed by atoms with Gasteiger partial charge in [-0.3, -0.25) is 4.79 Å². The highest BCUT2D eigenvalue weighted by molar-refractivity contribution is 6.22. The molecule has 1 aliphatic heterocycles. The summed E-state index contributed by atoms with van der Waals surface area (Å²) in [5, 5.41) is 0. The Morgan fingerprint density at radius 2 is 1.24 bits per heavy atom. The van der Waals surface area contributed by atoms with Gasteiger partial charge in [-0.15, -0.1) is 5.43 Å². The van der Waals surface area contributed by atoms with Gasteiger partial charge in [-0.2, -0.15) is 0 Å². The smallest absolute Gasteiger partial charge is 0.269 e. The maximum atomic E-state index is 12.3. The van der Waals surface area contributed by atoms with E-state index in [-0.39, 0.29) is 11.9 Å². The molecule has 0 spiro atoms. The van der Waals surface area contributed by atoms with Crippen molar-refractivity contribution < 1.29 is 9.48 Å². The fourth-order valence-electron chi connectivity index (χ4n) is 3.93. The molecule has 120 valence electrons. The van der Waals surface area contributed by atoms with Gasteiger partial charge in [0.2, 0.25) is 11.8 Å². The van der Waals surface area contributed by atoms with Crippen molar-refractivity contribution in [3.8, 4) is 11.1 Å². The Morgan fingerprint density at radius 3 is 1.84 bits per heavy atom. The number of rotatable bonds is 1. The first-order valence-electron chi connectivity index (χ1n) is 8.53. The van der Waals surface area contributed by atoms with Gasteiger partial charge in [0.15, 0.2) is 0 Å². The molecule has 1 amide bonds. The van der Waals surface area contributed by atoms with Gasteiger partial charge in [0.1, 0.15) is 6.42 Å². The van der Waals surface area contributed by atoms with E-state index in [9.17, 15) is 4.79 Å². The highest BCUT2D eigenvalue weighted by Gasteiger charge is 2.42. The maximum absolute atomic E-state index is 12.3. The number of hydrazine groups is 1. The fraction of sp³-hybridized carbons (Fsp3) is 0.0909. The average molecular weight is 325 g/mol. The van der Waals surface area contributed by atoms with Crippen LogP contribution in [0, 0.1) is 0 Å². The predicted octanol–water partition coefficient (Wildman–Crippen LogP) is 3.69. The van der Waals surface area contributed by atoms with Crippen LogP contribution in [0.2, 0.25) is 0 Å². The predicted molar refractivity (Wildman–Crippen MR) is 97.3 cm³/mol. The second kappa shape index (κ2) is 5.42. The Bertz CT molecular complexity index is 973. The summed E-state index contributed by atoms with van der Waals surface area (Å²) in [7, 11) is 0. The molecule has 25 heavy (non-hydrogen) atoms. The molecule has 1 heterocycles. The van der Waals surface area contributed by atoms with Crippen LogP contribution in [0.4, 0.5) is 0 Å². The molecule has 3 aromatic carbocycles. The van der Waals surface area contributed by atoms with E-state index < -0.39 is 0 Å². The van der Waals surface area contributed by atoms with E-state index in [1.165, 1.54) is 22.3 Å². The normalized spacial score (nSPS) is 18.1. The number of nitrogens with zero attached hydrogens (tertiary/aromatic N) is 1. The molecule has 0 unspecified atom stereocenters. The lowest BCUT2D eigenvalue weighted by Gasteiger charge is -2.09. The second-order valence-electron chi connectivity index (χ2n) is 6.48. The molecule has 2 aliphatic rings. The Kier molecular flexibility index (Phi) is 3.07. The van der Waals surface area contributed by atoms with Crippen LogP contribution >= 0.6 is 0 Å². The molecule has 1 N–H and O–H groups in total. The molecule has 0 aromatic heterocycles. The fourth-order valence-corrected chi connectivity index (χ4v) is 3.93. The summed E-state index contributed by atoms with van der Waals surface area (Å²) in [5.74, 6) is 0.0585. The highest BCUT2D eigenvalue weighted by atomic mass is 16.2. The summed E-state index contributed by atoms with van der Waals surface area (Å²) in [4.78, 5) is 12.3. The largest absolute Gasteiger partial charge is 0.281 e. The maximum Gasteiger partial charge on any atom is 0.281 e. The average Bonchev–Trinajstić information content (AvgIpc) is 3.20. The Hall–Kier alpha value is -3.20. The van der Waals surface area contributed by atoms with Crippen molar-refractivity contribution in [1.29, 1.82) is 0 Å². The molecule has 1 saturated heterocycles.